The lowest BCUT2D eigenvalue weighted by Gasteiger charge is -2.23. The van der Waals surface area contributed by atoms with E-state index in [2.05, 4.69) is 26.3 Å². The summed E-state index contributed by atoms with van der Waals surface area (Å²) in [7, 11) is 7.06. The van der Waals surface area contributed by atoms with Gasteiger partial charge in [0.25, 0.3) is 0 Å². The first kappa shape index (κ1) is 21.2. The highest BCUT2D eigenvalue weighted by Gasteiger charge is 2.11. The van der Waals surface area contributed by atoms with E-state index in [0.29, 0.717) is 13.1 Å². The first-order valence-electron chi connectivity index (χ1n) is 9.63. The van der Waals surface area contributed by atoms with Gasteiger partial charge in [0.05, 0.1) is 14.2 Å². The fourth-order valence-corrected chi connectivity index (χ4v) is 3.16. The molecule has 0 aliphatic rings. The van der Waals surface area contributed by atoms with Crippen molar-refractivity contribution in [2.45, 2.75) is 20.0 Å². The Morgan fingerprint density at radius 2 is 2.00 bits per heavy atom. The Hall–Kier alpha value is -3.55. The summed E-state index contributed by atoms with van der Waals surface area (Å²) in [5.74, 6) is 4.09. The van der Waals surface area contributed by atoms with Crippen molar-refractivity contribution in [1.29, 1.82) is 0 Å². The first-order chi connectivity index (χ1) is 14.5. The highest BCUT2D eigenvalue weighted by Crippen LogP contribution is 2.25. The SMILES string of the molecule is CN=C(NCc1ccc(-n2ccnc2C)nc1)N(C)Cc1ccc(OC)cc1OC. The van der Waals surface area contributed by atoms with E-state index in [0.717, 1.165) is 40.2 Å². The summed E-state index contributed by atoms with van der Waals surface area (Å²) in [6.07, 6.45) is 5.53. The third kappa shape index (κ3) is 4.89. The average Bonchev–Trinajstić information content (AvgIpc) is 3.20. The molecule has 0 unspecified atom stereocenters. The molecule has 0 saturated heterocycles. The minimum atomic E-state index is 0.618. The van der Waals surface area contributed by atoms with Crippen molar-refractivity contribution in [3.8, 4) is 17.3 Å². The van der Waals surface area contributed by atoms with Gasteiger partial charge in [0.2, 0.25) is 0 Å². The van der Waals surface area contributed by atoms with Gasteiger partial charge in [-0.1, -0.05) is 6.07 Å². The van der Waals surface area contributed by atoms with Crippen molar-refractivity contribution in [3.05, 3.63) is 65.9 Å². The normalized spacial score (nSPS) is 11.3. The molecule has 0 radical (unpaired) electrons. The highest BCUT2D eigenvalue weighted by molar-refractivity contribution is 5.79. The Bertz CT molecular complexity index is 997. The monoisotopic (exact) mass is 408 g/mol. The number of hydrogen-bond donors (Lipinski definition) is 1. The van der Waals surface area contributed by atoms with Crippen molar-refractivity contribution < 1.29 is 9.47 Å². The van der Waals surface area contributed by atoms with Gasteiger partial charge in [-0.2, -0.15) is 0 Å². The van der Waals surface area contributed by atoms with Crippen molar-refractivity contribution in [3.63, 3.8) is 0 Å². The van der Waals surface area contributed by atoms with Gasteiger partial charge in [0.15, 0.2) is 5.96 Å². The molecule has 0 bridgehead atoms. The van der Waals surface area contributed by atoms with Crippen LogP contribution in [0.2, 0.25) is 0 Å². The standard InChI is InChI=1S/C22H28N6O2/c1-16-24-10-11-28(16)21-9-6-17(13-25-21)14-26-22(23-2)27(3)15-18-7-8-19(29-4)12-20(18)30-5/h6-13H,14-15H2,1-5H3,(H,23,26). The number of aryl methyl sites for hydroxylation is 1. The van der Waals surface area contributed by atoms with Crippen LogP contribution in [0.15, 0.2) is 53.9 Å². The molecule has 8 nitrogen and oxygen atoms in total. The zero-order valence-electron chi connectivity index (χ0n) is 18.1. The molecule has 0 aliphatic carbocycles. The number of guanidine groups is 1. The summed E-state index contributed by atoms with van der Waals surface area (Å²) < 4.78 is 12.7. The predicted octanol–water partition coefficient (Wildman–Crippen LogP) is 2.80. The minimum Gasteiger partial charge on any atom is -0.497 e. The summed E-state index contributed by atoms with van der Waals surface area (Å²) in [5, 5.41) is 3.38. The van der Waals surface area contributed by atoms with Gasteiger partial charge in [0.1, 0.15) is 23.1 Å². The van der Waals surface area contributed by atoms with Gasteiger partial charge >= 0.3 is 0 Å². The van der Waals surface area contributed by atoms with E-state index in [9.17, 15) is 0 Å². The van der Waals surface area contributed by atoms with E-state index in [4.69, 9.17) is 9.47 Å². The third-order valence-corrected chi connectivity index (χ3v) is 4.81. The zero-order chi connectivity index (χ0) is 21.5. The van der Waals surface area contributed by atoms with Gasteiger partial charge in [-0.25, -0.2) is 9.97 Å². The lowest BCUT2D eigenvalue weighted by atomic mass is 10.2. The molecule has 1 aromatic carbocycles. The molecule has 158 valence electrons. The van der Waals surface area contributed by atoms with Crippen molar-refractivity contribution in [1.82, 2.24) is 24.8 Å². The molecule has 2 aromatic heterocycles. The number of nitrogens with one attached hydrogen (secondary N) is 1. The van der Waals surface area contributed by atoms with Gasteiger partial charge in [-0.3, -0.25) is 9.56 Å². The number of methoxy groups -OCH3 is 2. The average molecular weight is 409 g/mol. The van der Waals surface area contributed by atoms with E-state index in [1.54, 1.807) is 27.5 Å². The maximum Gasteiger partial charge on any atom is 0.193 e. The Labute approximate surface area is 177 Å². The van der Waals surface area contributed by atoms with Crippen LogP contribution in [0.3, 0.4) is 0 Å². The molecule has 2 heterocycles. The van der Waals surface area contributed by atoms with E-state index in [1.165, 1.54) is 0 Å². The summed E-state index contributed by atoms with van der Waals surface area (Å²) in [6, 6.07) is 9.85. The van der Waals surface area contributed by atoms with Crippen molar-refractivity contribution in [2.24, 2.45) is 4.99 Å². The molecule has 0 saturated carbocycles. The third-order valence-electron chi connectivity index (χ3n) is 4.81. The number of benzene rings is 1. The topological polar surface area (TPSA) is 76.8 Å². The molecule has 30 heavy (non-hydrogen) atoms. The molecule has 0 amide bonds. The van der Waals surface area contributed by atoms with Crippen LogP contribution in [0.5, 0.6) is 11.5 Å². The second kappa shape index (κ2) is 9.78. The number of imidazole rings is 1. The summed E-state index contributed by atoms with van der Waals surface area (Å²) in [4.78, 5) is 15.2. The number of ether oxygens (including phenoxy) is 2. The molecule has 3 aromatic rings. The predicted molar refractivity (Wildman–Crippen MR) is 117 cm³/mol. The van der Waals surface area contributed by atoms with Crippen LogP contribution < -0.4 is 14.8 Å². The molecule has 0 fully saturated rings. The zero-order valence-corrected chi connectivity index (χ0v) is 18.1. The number of hydrogen-bond acceptors (Lipinski definition) is 5. The van der Waals surface area contributed by atoms with E-state index >= 15 is 0 Å². The quantitative estimate of drug-likeness (QED) is 0.479. The van der Waals surface area contributed by atoms with Gasteiger partial charge in [0, 0.05) is 57.4 Å². The van der Waals surface area contributed by atoms with Crippen LogP contribution in [0, 0.1) is 6.92 Å². The van der Waals surface area contributed by atoms with Crippen LogP contribution in [0.25, 0.3) is 5.82 Å². The molecule has 0 spiro atoms. The van der Waals surface area contributed by atoms with Gasteiger partial charge in [-0.05, 0) is 30.7 Å². The Morgan fingerprint density at radius 3 is 2.60 bits per heavy atom. The minimum absolute atomic E-state index is 0.618. The molecular weight excluding hydrogens is 380 g/mol. The van der Waals surface area contributed by atoms with Crippen LogP contribution in [0.1, 0.15) is 17.0 Å². The molecule has 1 N–H and O–H groups in total. The number of nitrogens with zero attached hydrogens (tertiary/aromatic N) is 5. The maximum atomic E-state index is 5.50. The molecule has 0 aliphatic heterocycles. The van der Waals surface area contributed by atoms with Crippen molar-refractivity contribution in [2.75, 3.05) is 28.3 Å². The molecular formula is C22H28N6O2. The van der Waals surface area contributed by atoms with Crippen LogP contribution in [-0.2, 0) is 13.1 Å². The smallest absolute Gasteiger partial charge is 0.193 e. The number of aromatic nitrogens is 3. The number of rotatable bonds is 7. The molecule has 3 rings (SSSR count). The molecule has 0 atom stereocenters. The van der Waals surface area contributed by atoms with E-state index in [-0.39, 0.29) is 0 Å². The summed E-state index contributed by atoms with van der Waals surface area (Å²) in [5.41, 5.74) is 2.11. The summed E-state index contributed by atoms with van der Waals surface area (Å²) in [6.45, 7) is 3.21. The van der Waals surface area contributed by atoms with E-state index < -0.39 is 0 Å². The van der Waals surface area contributed by atoms with Gasteiger partial charge < -0.3 is 19.7 Å². The van der Waals surface area contributed by atoms with E-state index in [1.807, 2.05) is 60.1 Å². The largest absolute Gasteiger partial charge is 0.497 e. The fraction of sp³-hybridized carbons (Fsp3) is 0.318. The van der Waals surface area contributed by atoms with Crippen LogP contribution in [0.4, 0.5) is 0 Å². The van der Waals surface area contributed by atoms with Crippen LogP contribution in [-0.4, -0.2) is 53.7 Å². The number of aliphatic imine (C=N–C) groups is 1. The van der Waals surface area contributed by atoms with Crippen molar-refractivity contribution >= 4 is 5.96 Å². The van der Waals surface area contributed by atoms with Gasteiger partial charge in [-0.15, -0.1) is 0 Å². The van der Waals surface area contributed by atoms with Crippen LogP contribution >= 0.6 is 0 Å². The lowest BCUT2D eigenvalue weighted by Crippen LogP contribution is -2.38. The highest BCUT2D eigenvalue weighted by atomic mass is 16.5. The lowest BCUT2D eigenvalue weighted by molar-refractivity contribution is 0.382. The number of pyridine rings is 1. The second-order valence-electron chi connectivity index (χ2n) is 6.80. The second-order valence-corrected chi connectivity index (χ2v) is 6.80. The Balaban J connectivity index is 1.62. The fourth-order valence-electron chi connectivity index (χ4n) is 3.16. The Kier molecular flexibility index (Phi) is 6.90. The Morgan fingerprint density at radius 1 is 1.17 bits per heavy atom. The first-order valence-corrected chi connectivity index (χ1v) is 9.63. The summed E-state index contributed by atoms with van der Waals surface area (Å²) >= 11 is 0. The maximum absolute atomic E-state index is 5.50. The molecule has 8 heteroatoms.